The van der Waals surface area contributed by atoms with Crippen LogP contribution in [0.4, 0.5) is 0 Å². The maximum Gasteiger partial charge on any atom is 0.208 e. The molecule has 1 aromatic rings. The molecule has 2 aliphatic carbocycles. The van der Waals surface area contributed by atoms with Crippen LogP contribution in [0.2, 0.25) is 0 Å². The van der Waals surface area contributed by atoms with Gasteiger partial charge in [-0.25, -0.2) is 0 Å². The van der Waals surface area contributed by atoms with Gasteiger partial charge >= 0.3 is 0 Å². The molecule has 1 aromatic heterocycles. The van der Waals surface area contributed by atoms with Gasteiger partial charge in [-0.15, -0.1) is 0 Å². The number of nitrogens with zero attached hydrogens (tertiary/aromatic N) is 1. The Bertz CT molecular complexity index is 361. The zero-order valence-electron chi connectivity index (χ0n) is 9.99. The maximum atomic E-state index is 8.45. The lowest BCUT2D eigenvalue weighted by Gasteiger charge is -2.25. The van der Waals surface area contributed by atoms with E-state index < -0.39 is 0 Å². The largest absolute Gasteiger partial charge is 0.479 e. The second-order valence-electron chi connectivity index (χ2n) is 4.62. The van der Waals surface area contributed by atoms with E-state index >= 15 is 0 Å². The van der Waals surface area contributed by atoms with Crippen LogP contribution in [0.15, 0.2) is 4.47 Å². The second-order valence-corrected chi connectivity index (χ2v) is 6.15. The van der Waals surface area contributed by atoms with Crippen LogP contribution in [0.3, 0.4) is 0 Å². The van der Waals surface area contributed by atoms with E-state index in [0.29, 0.717) is 6.10 Å². The van der Waals surface area contributed by atoms with E-state index in [9.17, 15) is 0 Å². The Balaban J connectivity index is 0.000000181. The number of hydrogen-bond donors (Lipinski definition) is 1. The molecule has 17 heavy (non-hydrogen) atoms. The Labute approximate surface area is 114 Å². The lowest BCUT2D eigenvalue weighted by molar-refractivity contribution is 0.0950. The Kier molecular flexibility index (Phi) is 4.82. The SMILES string of the molecule is Cc1nsc(OC2CCC2)c1Br.OC1CCC1. The van der Waals surface area contributed by atoms with Crippen molar-refractivity contribution in [2.75, 3.05) is 0 Å². The fraction of sp³-hybridized carbons (Fsp3) is 0.750. The van der Waals surface area contributed by atoms with Crippen LogP contribution in [-0.2, 0) is 0 Å². The topological polar surface area (TPSA) is 42.4 Å². The van der Waals surface area contributed by atoms with E-state index in [4.69, 9.17) is 9.84 Å². The molecule has 2 saturated carbocycles. The molecular weight excluding hydrogens is 302 g/mol. The zero-order chi connectivity index (χ0) is 12.3. The first-order chi connectivity index (χ1) is 8.16. The molecule has 0 saturated heterocycles. The van der Waals surface area contributed by atoms with Crippen molar-refractivity contribution in [1.29, 1.82) is 0 Å². The van der Waals surface area contributed by atoms with Gasteiger partial charge in [-0.3, -0.25) is 0 Å². The average molecular weight is 320 g/mol. The maximum absolute atomic E-state index is 8.45. The van der Waals surface area contributed by atoms with Gasteiger partial charge in [0.25, 0.3) is 0 Å². The van der Waals surface area contributed by atoms with Gasteiger partial charge in [0.15, 0.2) is 0 Å². The summed E-state index contributed by atoms with van der Waals surface area (Å²) in [6.07, 6.45) is 7.53. The quantitative estimate of drug-likeness (QED) is 0.904. The van der Waals surface area contributed by atoms with E-state index in [2.05, 4.69) is 20.3 Å². The number of aromatic nitrogens is 1. The van der Waals surface area contributed by atoms with Gasteiger partial charge in [0.05, 0.1) is 22.4 Å². The molecule has 0 unspecified atom stereocenters. The van der Waals surface area contributed by atoms with Gasteiger partial charge < -0.3 is 9.84 Å². The molecule has 0 radical (unpaired) electrons. The fourth-order valence-corrected chi connectivity index (χ4v) is 2.67. The first-order valence-electron chi connectivity index (χ1n) is 6.13. The smallest absolute Gasteiger partial charge is 0.208 e. The number of aryl methyl sites for hydroxylation is 1. The molecular formula is C12H18BrNO2S. The number of rotatable bonds is 2. The number of ether oxygens (including phenoxy) is 1. The van der Waals surface area contributed by atoms with Crippen molar-refractivity contribution in [1.82, 2.24) is 4.37 Å². The second kappa shape index (κ2) is 6.16. The van der Waals surface area contributed by atoms with Crippen LogP contribution in [0.5, 0.6) is 5.06 Å². The molecule has 1 heterocycles. The molecule has 0 atom stereocenters. The summed E-state index contributed by atoms with van der Waals surface area (Å²) in [4.78, 5) is 0. The van der Waals surface area contributed by atoms with Crippen LogP contribution < -0.4 is 4.74 Å². The Morgan fingerprint density at radius 1 is 1.29 bits per heavy atom. The third-order valence-electron chi connectivity index (χ3n) is 3.16. The summed E-state index contributed by atoms with van der Waals surface area (Å²) in [6.45, 7) is 1.98. The van der Waals surface area contributed by atoms with Gasteiger partial charge in [0, 0.05) is 11.5 Å². The summed E-state index contributed by atoms with van der Waals surface area (Å²) in [6, 6.07) is 0. The highest BCUT2D eigenvalue weighted by Crippen LogP contribution is 2.35. The van der Waals surface area contributed by atoms with Crippen LogP contribution in [0, 0.1) is 6.92 Å². The monoisotopic (exact) mass is 319 g/mol. The van der Waals surface area contributed by atoms with Crippen LogP contribution in [0.25, 0.3) is 0 Å². The van der Waals surface area contributed by atoms with E-state index in [-0.39, 0.29) is 6.10 Å². The van der Waals surface area contributed by atoms with Gasteiger partial charge in [-0.05, 0) is 61.4 Å². The molecule has 5 heteroatoms. The molecule has 3 nitrogen and oxygen atoms in total. The van der Waals surface area contributed by atoms with Crippen molar-refractivity contribution in [3.63, 3.8) is 0 Å². The molecule has 0 amide bonds. The summed E-state index contributed by atoms with van der Waals surface area (Å²) < 4.78 is 10.9. The standard InChI is InChI=1S/C8H10BrNOS.C4H8O/c1-5-7(9)8(12-10-5)11-6-3-2-4-6;5-4-2-1-3-4/h6H,2-4H2,1H3;4-5H,1-3H2. The number of aliphatic hydroxyl groups excluding tert-OH is 1. The van der Waals surface area contributed by atoms with E-state index in [1.165, 1.54) is 37.2 Å². The molecule has 2 fully saturated rings. The third kappa shape index (κ3) is 3.66. The van der Waals surface area contributed by atoms with Gasteiger partial charge in [-0.1, -0.05) is 0 Å². The Morgan fingerprint density at radius 2 is 1.88 bits per heavy atom. The molecule has 1 N–H and O–H groups in total. The molecule has 2 aliphatic rings. The molecule has 0 aliphatic heterocycles. The minimum absolute atomic E-state index is 0.0648. The summed E-state index contributed by atoms with van der Waals surface area (Å²) >= 11 is 4.89. The Morgan fingerprint density at radius 3 is 2.18 bits per heavy atom. The predicted molar refractivity (Wildman–Crippen MR) is 72.7 cm³/mol. The highest BCUT2D eigenvalue weighted by molar-refractivity contribution is 9.10. The van der Waals surface area contributed by atoms with E-state index in [1.54, 1.807) is 0 Å². The average Bonchev–Trinajstić information content (AvgIpc) is 2.52. The van der Waals surface area contributed by atoms with Crippen molar-refractivity contribution in [3.8, 4) is 5.06 Å². The summed E-state index contributed by atoms with van der Waals surface area (Å²) in [5.41, 5.74) is 1.02. The predicted octanol–water partition coefficient (Wildman–Crippen LogP) is 3.68. The number of halogens is 1. The minimum Gasteiger partial charge on any atom is -0.479 e. The molecule has 0 aromatic carbocycles. The Hall–Kier alpha value is -0.130. The van der Waals surface area contributed by atoms with Crippen molar-refractivity contribution >= 4 is 27.5 Å². The molecule has 0 bridgehead atoms. The van der Waals surface area contributed by atoms with E-state index in [1.807, 2.05) is 6.92 Å². The molecule has 0 spiro atoms. The van der Waals surface area contributed by atoms with E-state index in [0.717, 1.165) is 28.1 Å². The summed E-state index contributed by atoms with van der Waals surface area (Å²) in [5, 5.41) is 9.39. The van der Waals surface area contributed by atoms with Crippen molar-refractivity contribution in [2.24, 2.45) is 0 Å². The van der Waals surface area contributed by atoms with Crippen molar-refractivity contribution in [2.45, 2.75) is 57.7 Å². The van der Waals surface area contributed by atoms with Crippen LogP contribution in [-0.4, -0.2) is 21.7 Å². The van der Waals surface area contributed by atoms with Gasteiger partial charge in [-0.2, -0.15) is 4.37 Å². The summed E-state index contributed by atoms with van der Waals surface area (Å²) in [7, 11) is 0. The lowest BCUT2D eigenvalue weighted by Crippen LogP contribution is -2.24. The zero-order valence-corrected chi connectivity index (χ0v) is 12.4. The normalized spacial score (nSPS) is 19.9. The summed E-state index contributed by atoms with van der Waals surface area (Å²) in [5.74, 6) is 0. The first-order valence-corrected chi connectivity index (χ1v) is 7.70. The lowest BCUT2D eigenvalue weighted by atomic mass is 9.96. The van der Waals surface area contributed by atoms with Gasteiger partial charge in [0.1, 0.15) is 0 Å². The number of aliphatic hydroxyl groups is 1. The third-order valence-corrected chi connectivity index (χ3v) is 5.19. The van der Waals surface area contributed by atoms with Crippen LogP contribution in [0.1, 0.15) is 44.2 Å². The molecule has 3 rings (SSSR count). The number of hydrogen-bond acceptors (Lipinski definition) is 4. The highest BCUT2D eigenvalue weighted by atomic mass is 79.9. The first kappa shape index (κ1) is 13.3. The van der Waals surface area contributed by atoms with Crippen molar-refractivity contribution in [3.05, 3.63) is 10.2 Å². The van der Waals surface area contributed by atoms with Gasteiger partial charge in [0.2, 0.25) is 5.06 Å². The highest BCUT2D eigenvalue weighted by Gasteiger charge is 2.21. The van der Waals surface area contributed by atoms with Crippen molar-refractivity contribution < 1.29 is 9.84 Å². The van der Waals surface area contributed by atoms with Crippen LogP contribution >= 0.6 is 27.5 Å². The minimum atomic E-state index is 0.0648. The molecule has 96 valence electrons. The fourth-order valence-electron chi connectivity index (χ4n) is 1.44.